The highest BCUT2D eigenvalue weighted by atomic mass is 32.1. The summed E-state index contributed by atoms with van der Waals surface area (Å²) in [6.07, 6.45) is 6.52. The molecule has 0 amide bonds. The molecule has 1 aromatic carbocycles. The third-order valence-electron chi connectivity index (χ3n) is 3.26. The van der Waals surface area contributed by atoms with Crippen LogP contribution in [0.1, 0.15) is 48.9 Å². The molecule has 0 saturated heterocycles. The van der Waals surface area contributed by atoms with Crippen LogP contribution in [0.25, 0.3) is 0 Å². The monoisotopic (exact) mass is 268 g/mol. The van der Waals surface area contributed by atoms with Crippen molar-refractivity contribution in [3.63, 3.8) is 0 Å². The molecule has 1 aromatic rings. The van der Waals surface area contributed by atoms with Crippen molar-refractivity contribution in [2.45, 2.75) is 49.5 Å². The van der Waals surface area contributed by atoms with Crippen LogP contribution in [0.3, 0.4) is 0 Å². The average molecular weight is 268 g/mol. The van der Waals surface area contributed by atoms with Gasteiger partial charge in [0.2, 0.25) is 0 Å². The van der Waals surface area contributed by atoms with Gasteiger partial charge in [0.25, 0.3) is 0 Å². The maximum absolute atomic E-state index is 13.0. The minimum atomic E-state index is -0.427. The lowest BCUT2D eigenvalue weighted by Gasteiger charge is -2.15. The van der Waals surface area contributed by atoms with Crippen LogP contribution in [-0.4, -0.2) is 12.1 Å². The molecule has 0 radical (unpaired) electrons. The van der Waals surface area contributed by atoms with Gasteiger partial charge in [0.15, 0.2) is 0 Å². The lowest BCUT2D eigenvalue weighted by atomic mass is 10.1. The van der Waals surface area contributed by atoms with Crippen molar-refractivity contribution in [3.8, 4) is 0 Å². The van der Waals surface area contributed by atoms with Crippen molar-refractivity contribution in [1.29, 1.82) is 0 Å². The molecule has 18 heavy (non-hydrogen) atoms. The van der Waals surface area contributed by atoms with Crippen molar-refractivity contribution in [2.75, 3.05) is 0 Å². The highest BCUT2D eigenvalue weighted by Gasteiger charge is 2.18. The molecule has 0 aliphatic heterocycles. The van der Waals surface area contributed by atoms with E-state index in [1.807, 2.05) is 0 Å². The molecule has 0 heterocycles. The Bertz CT molecular complexity index is 426. The molecule has 0 aromatic heterocycles. The van der Waals surface area contributed by atoms with Gasteiger partial charge in [0.05, 0.1) is 5.56 Å². The maximum atomic E-state index is 13.0. The first-order chi connectivity index (χ1) is 8.66. The summed E-state index contributed by atoms with van der Waals surface area (Å²) in [5.41, 5.74) is 0.366. The predicted molar refractivity (Wildman–Crippen MR) is 70.6 cm³/mol. The van der Waals surface area contributed by atoms with Gasteiger partial charge in [0.1, 0.15) is 11.9 Å². The fraction of sp³-hybridized carbons (Fsp3) is 0.500. The number of ether oxygens (including phenoxy) is 1. The smallest absolute Gasteiger partial charge is 0.338 e. The van der Waals surface area contributed by atoms with Crippen LogP contribution < -0.4 is 0 Å². The number of carbonyl (C=O) groups is 1. The van der Waals surface area contributed by atoms with E-state index < -0.39 is 5.82 Å². The largest absolute Gasteiger partial charge is 0.459 e. The summed E-state index contributed by atoms with van der Waals surface area (Å²) in [6.45, 7) is 0. The summed E-state index contributed by atoms with van der Waals surface area (Å²) >= 11 is 3.96. The maximum Gasteiger partial charge on any atom is 0.338 e. The van der Waals surface area contributed by atoms with Crippen molar-refractivity contribution >= 4 is 18.6 Å². The molecule has 98 valence electrons. The zero-order valence-corrected chi connectivity index (χ0v) is 11.1. The Labute approximate surface area is 112 Å². The second kappa shape index (κ2) is 6.23. The van der Waals surface area contributed by atoms with Crippen LogP contribution in [0.15, 0.2) is 23.1 Å². The molecular weight excluding hydrogens is 251 g/mol. The minimum absolute atomic E-state index is 0.00780. The summed E-state index contributed by atoms with van der Waals surface area (Å²) in [5, 5.41) is 0. The number of rotatable bonds is 2. The number of hydrogen-bond acceptors (Lipinski definition) is 3. The van der Waals surface area contributed by atoms with E-state index in [1.165, 1.54) is 31.0 Å². The lowest BCUT2D eigenvalue weighted by molar-refractivity contribution is 0.0267. The van der Waals surface area contributed by atoms with Crippen LogP contribution >= 0.6 is 12.6 Å². The summed E-state index contributed by atoms with van der Waals surface area (Å²) in [6, 6.07) is 4.09. The average Bonchev–Trinajstić information content (AvgIpc) is 2.61. The third kappa shape index (κ3) is 3.48. The second-order valence-corrected chi connectivity index (χ2v) is 5.17. The summed E-state index contributed by atoms with van der Waals surface area (Å²) in [7, 11) is 0. The molecule has 0 N–H and O–H groups in total. The van der Waals surface area contributed by atoms with E-state index in [-0.39, 0.29) is 17.0 Å². The van der Waals surface area contributed by atoms with Gasteiger partial charge in [-0.2, -0.15) is 0 Å². The standard InChI is InChI=1S/C14H17FO2S/c15-12-8-7-10(9-13(12)18)14(16)17-11-5-3-1-2-4-6-11/h7-9,11,18H,1-6H2. The quantitative estimate of drug-likeness (QED) is 0.498. The van der Waals surface area contributed by atoms with Gasteiger partial charge < -0.3 is 4.74 Å². The number of thiol groups is 1. The normalized spacial score (nSPS) is 17.2. The summed E-state index contributed by atoms with van der Waals surface area (Å²) < 4.78 is 18.5. The van der Waals surface area contributed by atoms with Gasteiger partial charge in [0, 0.05) is 4.90 Å². The van der Waals surface area contributed by atoms with E-state index >= 15 is 0 Å². The predicted octanol–water partition coefficient (Wildman–Crippen LogP) is 3.99. The highest BCUT2D eigenvalue weighted by molar-refractivity contribution is 7.80. The van der Waals surface area contributed by atoms with Gasteiger partial charge in [-0.25, -0.2) is 9.18 Å². The number of hydrogen-bond donors (Lipinski definition) is 1. The molecule has 1 fully saturated rings. The van der Waals surface area contributed by atoms with Gasteiger partial charge in [-0.15, -0.1) is 12.6 Å². The summed E-state index contributed by atoms with van der Waals surface area (Å²) in [5.74, 6) is -0.804. The van der Waals surface area contributed by atoms with Crippen LogP contribution in [0.2, 0.25) is 0 Å². The first-order valence-electron chi connectivity index (χ1n) is 6.36. The topological polar surface area (TPSA) is 26.3 Å². The third-order valence-corrected chi connectivity index (χ3v) is 3.60. The molecule has 1 aliphatic rings. The van der Waals surface area contributed by atoms with Crippen molar-refractivity contribution in [3.05, 3.63) is 29.6 Å². The van der Waals surface area contributed by atoms with Crippen molar-refractivity contribution in [2.24, 2.45) is 0 Å². The Morgan fingerprint density at radius 2 is 1.89 bits per heavy atom. The van der Waals surface area contributed by atoms with Crippen molar-refractivity contribution in [1.82, 2.24) is 0 Å². The van der Waals surface area contributed by atoms with Gasteiger partial charge in [-0.3, -0.25) is 0 Å². The second-order valence-electron chi connectivity index (χ2n) is 4.69. The molecule has 1 aliphatic carbocycles. The van der Waals surface area contributed by atoms with E-state index in [2.05, 4.69) is 12.6 Å². The first-order valence-corrected chi connectivity index (χ1v) is 6.81. The minimum Gasteiger partial charge on any atom is -0.459 e. The molecule has 0 bridgehead atoms. The molecular formula is C14H17FO2S. The fourth-order valence-electron chi connectivity index (χ4n) is 2.22. The molecule has 1 saturated carbocycles. The highest BCUT2D eigenvalue weighted by Crippen LogP contribution is 2.22. The van der Waals surface area contributed by atoms with Crippen LogP contribution in [0, 0.1) is 5.82 Å². The van der Waals surface area contributed by atoms with Crippen molar-refractivity contribution < 1.29 is 13.9 Å². The Morgan fingerprint density at radius 3 is 2.50 bits per heavy atom. The molecule has 2 rings (SSSR count). The molecule has 2 nitrogen and oxygen atoms in total. The molecule has 4 heteroatoms. The van der Waals surface area contributed by atoms with Crippen LogP contribution in [0.4, 0.5) is 4.39 Å². The van der Waals surface area contributed by atoms with Gasteiger partial charge >= 0.3 is 5.97 Å². The Hall–Kier alpha value is -1.03. The first kappa shape index (κ1) is 13.4. The van der Waals surface area contributed by atoms with Gasteiger partial charge in [-0.05, 0) is 43.9 Å². The Morgan fingerprint density at radius 1 is 1.22 bits per heavy atom. The number of halogens is 1. The van der Waals surface area contributed by atoms with E-state index in [1.54, 1.807) is 0 Å². The fourth-order valence-corrected chi connectivity index (χ4v) is 2.43. The van der Waals surface area contributed by atoms with Gasteiger partial charge in [-0.1, -0.05) is 12.8 Å². The SMILES string of the molecule is O=C(OC1CCCCCC1)c1ccc(F)c(S)c1. The Kier molecular flexibility index (Phi) is 4.64. The van der Waals surface area contributed by atoms with E-state index in [4.69, 9.17) is 4.74 Å². The number of esters is 1. The Balaban J connectivity index is 1.99. The van der Waals surface area contributed by atoms with E-state index in [0.29, 0.717) is 5.56 Å². The van der Waals surface area contributed by atoms with E-state index in [9.17, 15) is 9.18 Å². The van der Waals surface area contributed by atoms with E-state index in [0.717, 1.165) is 25.7 Å². The number of carbonyl (C=O) groups excluding carboxylic acids is 1. The van der Waals surface area contributed by atoms with Crippen LogP contribution in [-0.2, 0) is 4.74 Å². The van der Waals surface area contributed by atoms with Crippen LogP contribution in [0.5, 0.6) is 0 Å². The number of benzene rings is 1. The lowest BCUT2D eigenvalue weighted by Crippen LogP contribution is -2.17. The summed E-state index contributed by atoms with van der Waals surface area (Å²) in [4.78, 5) is 12.1. The zero-order chi connectivity index (χ0) is 13.0. The molecule has 0 unspecified atom stereocenters. The zero-order valence-electron chi connectivity index (χ0n) is 10.2. The molecule has 0 spiro atoms. The molecule has 0 atom stereocenters.